The SMILES string of the molecule is CCn1nc(C)c(Br)c1CC(NC)c1ccc(C)cc1F. The van der Waals surface area contributed by atoms with Crippen LogP contribution in [0.5, 0.6) is 0 Å². The number of aromatic nitrogens is 2. The van der Waals surface area contributed by atoms with Gasteiger partial charge in [0, 0.05) is 24.6 Å². The van der Waals surface area contributed by atoms with E-state index in [-0.39, 0.29) is 11.9 Å². The zero-order valence-corrected chi connectivity index (χ0v) is 14.5. The summed E-state index contributed by atoms with van der Waals surface area (Å²) < 4.78 is 17.2. The number of rotatable bonds is 5. The first-order chi connectivity index (χ1) is 9.97. The lowest BCUT2D eigenvalue weighted by Gasteiger charge is -2.18. The molecule has 0 aliphatic heterocycles. The predicted molar refractivity (Wildman–Crippen MR) is 87.0 cm³/mol. The van der Waals surface area contributed by atoms with Gasteiger partial charge in [-0.05, 0) is 55.4 Å². The molecule has 1 aromatic carbocycles. The minimum atomic E-state index is -0.162. The van der Waals surface area contributed by atoms with Crippen LogP contribution in [0.4, 0.5) is 4.39 Å². The Morgan fingerprint density at radius 2 is 2.10 bits per heavy atom. The number of nitrogens with zero attached hydrogens (tertiary/aromatic N) is 2. The molecular formula is C16H21BrFN3. The van der Waals surface area contributed by atoms with Crippen molar-refractivity contribution < 1.29 is 4.39 Å². The molecule has 1 atom stereocenters. The number of hydrogen-bond donors (Lipinski definition) is 1. The molecular weight excluding hydrogens is 333 g/mol. The fraction of sp³-hybridized carbons (Fsp3) is 0.438. The highest BCUT2D eigenvalue weighted by Crippen LogP contribution is 2.27. The van der Waals surface area contributed by atoms with Crippen LogP contribution in [0.25, 0.3) is 0 Å². The van der Waals surface area contributed by atoms with E-state index in [9.17, 15) is 4.39 Å². The zero-order chi connectivity index (χ0) is 15.6. The summed E-state index contributed by atoms with van der Waals surface area (Å²) in [4.78, 5) is 0. The second-order valence-electron chi connectivity index (χ2n) is 5.23. The van der Waals surface area contributed by atoms with Gasteiger partial charge in [-0.1, -0.05) is 12.1 Å². The van der Waals surface area contributed by atoms with Crippen LogP contribution in [0, 0.1) is 19.7 Å². The Kier molecular flexibility index (Phi) is 5.17. The molecule has 1 N–H and O–H groups in total. The van der Waals surface area contributed by atoms with E-state index in [1.165, 1.54) is 0 Å². The number of aryl methyl sites for hydroxylation is 3. The van der Waals surface area contributed by atoms with Crippen molar-refractivity contribution in [3.63, 3.8) is 0 Å². The summed E-state index contributed by atoms with van der Waals surface area (Å²) in [6.45, 7) is 6.73. The lowest BCUT2D eigenvalue weighted by atomic mass is 10.00. The van der Waals surface area contributed by atoms with Crippen LogP contribution in [0.1, 0.15) is 35.5 Å². The predicted octanol–water partition coefficient (Wildman–Crippen LogP) is 3.92. The summed E-state index contributed by atoms with van der Waals surface area (Å²) in [7, 11) is 1.86. The molecule has 0 saturated heterocycles. The third-order valence-corrected chi connectivity index (χ3v) is 4.76. The summed E-state index contributed by atoms with van der Waals surface area (Å²) in [6, 6.07) is 5.31. The zero-order valence-electron chi connectivity index (χ0n) is 12.9. The highest BCUT2D eigenvalue weighted by atomic mass is 79.9. The molecule has 3 nitrogen and oxygen atoms in total. The van der Waals surface area contributed by atoms with Gasteiger partial charge in [-0.3, -0.25) is 4.68 Å². The average molecular weight is 354 g/mol. The Morgan fingerprint density at radius 1 is 1.38 bits per heavy atom. The number of hydrogen-bond acceptors (Lipinski definition) is 2. The van der Waals surface area contributed by atoms with Crippen molar-refractivity contribution in [1.29, 1.82) is 0 Å². The third-order valence-electron chi connectivity index (χ3n) is 3.73. The molecule has 114 valence electrons. The van der Waals surface area contributed by atoms with Gasteiger partial charge in [-0.25, -0.2) is 4.39 Å². The van der Waals surface area contributed by atoms with E-state index in [1.807, 2.05) is 37.7 Å². The van der Waals surface area contributed by atoms with Crippen molar-refractivity contribution in [2.75, 3.05) is 7.05 Å². The van der Waals surface area contributed by atoms with Gasteiger partial charge in [0.2, 0.25) is 0 Å². The largest absolute Gasteiger partial charge is 0.313 e. The molecule has 1 aromatic heterocycles. The van der Waals surface area contributed by atoms with Gasteiger partial charge in [0.1, 0.15) is 5.82 Å². The molecule has 21 heavy (non-hydrogen) atoms. The van der Waals surface area contributed by atoms with E-state index in [1.54, 1.807) is 6.07 Å². The van der Waals surface area contributed by atoms with Crippen molar-refractivity contribution in [1.82, 2.24) is 15.1 Å². The van der Waals surface area contributed by atoms with Crippen LogP contribution in [0.3, 0.4) is 0 Å². The van der Waals surface area contributed by atoms with Gasteiger partial charge in [0.25, 0.3) is 0 Å². The Balaban J connectivity index is 2.35. The molecule has 0 spiro atoms. The lowest BCUT2D eigenvalue weighted by Crippen LogP contribution is -2.22. The van der Waals surface area contributed by atoms with Crippen molar-refractivity contribution in [2.45, 2.75) is 39.8 Å². The minimum absolute atomic E-state index is 0.0803. The molecule has 0 bridgehead atoms. The van der Waals surface area contributed by atoms with Crippen molar-refractivity contribution in [2.24, 2.45) is 0 Å². The summed E-state index contributed by atoms with van der Waals surface area (Å²) in [5, 5.41) is 7.71. The lowest BCUT2D eigenvalue weighted by molar-refractivity contribution is 0.509. The van der Waals surface area contributed by atoms with Crippen LogP contribution in [0.2, 0.25) is 0 Å². The Hall–Kier alpha value is -1.20. The Bertz CT molecular complexity index is 637. The third kappa shape index (κ3) is 3.35. The van der Waals surface area contributed by atoms with Crippen molar-refractivity contribution in [3.05, 3.63) is 51.0 Å². The van der Waals surface area contributed by atoms with Crippen LogP contribution >= 0.6 is 15.9 Å². The molecule has 0 aliphatic rings. The van der Waals surface area contributed by atoms with E-state index in [2.05, 4.69) is 33.3 Å². The molecule has 0 fully saturated rings. The van der Waals surface area contributed by atoms with Gasteiger partial charge in [0.05, 0.1) is 15.9 Å². The van der Waals surface area contributed by atoms with Gasteiger partial charge in [-0.15, -0.1) is 0 Å². The molecule has 1 heterocycles. The molecule has 0 radical (unpaired) electrons. The van der Waals surface area contributed by atoms with E-state index in [4.69, 9.17) is 0 Å². The average Bonchev–Trinajstić information content (AvgIpc) is 2.72. The fourth-order valence-corrected chi connectivity index (χ4v) is 2.99. The standard InChI is InChI=1S/C16H21BrFN3/c1-5-21-15(16(17)11(3)20-21)9-14(19-4)12-7-6-10(2)8-13(12)18/h6-8,14,19H,5,9H2,1-4H3. The Morgan fingerprint density at radius 3 is 2.67 bits per heavy atom. The monoisotopic (exact) mass is 353 g/mol. The first kappa shape index (κ1) is 16.2. The first-order valence-electron chi connectivity index (χ1n) is 7.13. The molecule has 1 unspecified atom stereocenters. The van der Waals surface area contributed by atoms with Gasteiger partial charge >= 0.3 is 0 Å². The quantitative estimate of drug-likeness (QED) is 0.882. The summed E-state index contributed by atoms with van der Waals surface area (Å²) >= 11 is 3.60. The van der Waals surface area contributed by atoms with Crippen molar-refractivity contribution in [3.8, 4) is 0 Å². The van der Waals surface area contributed by atoms with Crippen LogP contribution in [-0.4, -0.2) is 16.8 Å². The first-order valence-corrected chi connectivity index (χ1v) is 7.92. The van der Waals surface area contributed by atoms with E-state index in [0.29, 0.717) is 12.0 Å². The van der Waals surface area contributed by atoms with E-state index < -0.39 is 0 Å². The maximum atomic E-state index is 14.2. The maximum absolute atomic E-state index is 14.2. The highest BCUT2D eigenvalue weighted by Gasteiger charge is 2.20. The van der Waals surface area contributed by atoms with Crippen LogP contribution < -0.4 is 5.32 Å². The molecule has 0 amide bonds. The maximum Gasteiger partial charge on any atom is 0.128 e. The topological polar surface area (TPSA) is 29.9 Å². The molecule has 0 aliphatic carbocycles. The number of likely N-dealkylation sites (N-methyl/N-ethyl adjacent to an activating group) is 1. The number of benzene rings is 1. The van der Waals surface area contributed by atoms with Crippen LogP contribution in [-0.2, 0) is 13.0 Å². The van der Waals surface area contributed by atoms with Crippen molar-refractivity contribution >= 4 is 15.9 Å². The van der Waals surface area contributed by atoms with E-state index >= 15 is 0 Å². The smallest absolute Gasteiger partial charge is 0.128 e. The summed E-state index contributed by atoms with van der Waals surface area (Å²) in [5.41, 5.74) is 3.68. The molecule has 2 aromatic rings. The fourth-order valence-electron chi connectivity index (χ4n) is 2.54. The second-order valence-corrected chi connectivity index (χ2v) is 6.03. The Labute approximate surface area is 133 Å². The molecule has 2 rings (SSSR count). The van der Waals surface area contributed by atoms with Gasteiger partial charge in [0.15, 0.2) is 0 Å². The number of halogens is 2. The highest BCUT2D eigenvalue weighted by molar-refractivity contribution is 9.10. The van der Waals surface area contributed by atoms with E-state index in [0.717, 1.165) is 28.0 Å². The normalized spacial score (nSPS) is 12.7. The van der Waals surface area contributed by atoms with Gasteiger partial charge < -0.3 is 5.32 Å². The number of nitrogens with one attached hydrogen (secondary N) is 1. The van der Waals surface area contributed by atoms with Crippen LogP contribution in [0.15, 0.2) is 22.7 Å². The summed E-state index contributed by atoms with van der Waals surface area (Å²) in [6.07, 6.45) is 0.686. The minimum Gasteiger partial charge on any atom is -0.313 e. The van der Waals surface area contributed by atoms with Gasteiger partial charge in [-0.2, -0.15) is 5.10 Å². The summed E-state index contributed by atoms with van der Waals surface area (Å²) in [5.74, 6) is -0.162. The molecule has 0 saturated carbocycles. The second kappa shape index (κ2) is 6.71. The molecule has 5 heteroatoms.